The van der Waals surface area contributed by atoms with Gasteiger partial charge in [0.15, 0.2) is 0 Å². The molecule has 2 rings (SSSR count). The molecule has 0 unspecified atom stereocenters. The van der Waals surface area contributed by atoms with E-state index in [1.807, 2.05) is 0 Å². The Morgan fingerprint density at radius 3 is 2.43 bits per heavy atom. The highest BCUT2D eigenvalue weighted by Crippen LogP contribution is 2.18. The Bertz CT molecular complexity index is 501. The van der Waals surface area contributed by atoms with Gasteiger partial charge in [0.2, 0.25) is 0 Å². The van der Waals surface area contributed by atoms with E-state index >= 15 is 0 Å². The van der Waals surface area contributed by atoms with E-state index in [1.54, 1.807) is 12.4 Å². The van der Waals surface area contributed by atoms with E-state index in [-0.39, 0.29) is 11.4 Å². The minimum Gasteiger partial charge on any atom is -0.337 e. The highest BCUT2D eigenvalue weighted by molar-refractivity contribution is 5.88. The summed E-state index contributed by atoms with van der Waals surface area (Å²) in [5.41, 5.74) is 0.523. The number of carbonyl (C=O) groups excluding carboxylic acids is 1. The molecule has 0 saturated carbocycles. The smallest absolute Gasteiger partial charge is 0.319 e. The number of amides is 2. The summed E-state index contributed by atoms with van der Waals surface area (Å²) in [7, 11) is 0. The second-order valence-corrected chi connectivity index (χ2v) is 7.45. The maximum atomic E-state index is 11.9. The third-order valence-corrected chi connectivity index (χ3v) is 4.17. The van der Waals surface area contributed by atoms with Gasteiger partial charge in [0.25, 0.3) is 0 Å². The van der Waals surface area contributed by atoms with E-state index in [4.69, 9.17) is 0 Å². The molecule has 1 aliphatic heterocycles. The lowest BCUT2D eigenvalue weighted by molar-refractivity contribution is 0.192. The Morgan fingerprint density at radius 2 is 1.87 bits per heavy atom. The van der Waals surface area contributed by atoms with Crippen molar-refractivity contribution in [2.24, 2.45) is 5.92 Å². The zero-order valence-corrected chi connectivity index (χ0v) is 14.7. The van der Waals surface area contributed by atoms with Crippen LogP contribution in [0.25, 0.3) is 0 Å². The van der Waals surface area contributed by atoms with Crippen molar-refractivity contribution in [1.29, 1.82) is 0 Å². The van der Waals surface area contributed by atoms with Crippen LogP contribution in [0.2, 0.25) is 0 Å². The Balaban J connectivity index is 1.70. The monoisotopic (exact) mass is 319 g/mol. The van der Waals surface area contributed by atoms with Crippen molar-refractivity contribution in [2.45, 2.75) is 46.0 Å². The minimum atomic E-state index is -0.206. The van der Waals surface area contributed by atoms with Crippen LogP contribution >= 0.6 is 0 Å². The molecule has 1 saturated heterocycles. The summed E-state index contributed by atoms with van der Waals surface area (Å²) in [4.78, 5) is 22.9. The van der Waals surface area contributed by atoms with Crippen molar-refractivity contribution in [1.82, 2.24) is 20.2 Å². The molecule has 0 aliphatic carbocycles. The number of aromatic nitrogens is 2. The normalized spacial score (nSPS) is 17.0. The van der Waals surface area contributed by atoms with Crippen LogP contribution in [0.5, 0.6) is 0 Å². The number of urea groups is 1. The van der Waals surface area contributed by atoms with Gasteiger partial charge in [-0.1, -0.05) is 27.7 Å². The fraction of sp³-hybridized carbons (Fsp3) is 0.706. The molecule has 0 aromatic carbocycles. The largest absolute Gasteiger partial charge is 0.337 e. The molecule has 2 heterocycles. The van der Waals surface area contributed by atoms with Gasteiger partial charge in [-0.15, -0.1) is 0 Å². The summed E-state index contributed by atoms with van der Waals surface area (Å²) >= 11 is 0. The summed E-state index contributed by atoms with van der Waals surface area (Å²) in [5.74, 6) is 1.60. The van der Waals surface area contributed by atoms with Crippen molar-refractivity contribution < 1.29 is 4.79 Å². The lowest BCUT2D eigenvalue weighted by Crippen LogP contribution is -2.40. The summed E-state index contributed by atoms with van der Waals surface area (Å²) in [6.45, 7) is 12.3. The SMILES string of the molecule is CC1CCN(CCNC(=O)Nc2cnc(C(C)(C)C)nc2)CC1. The molecule has 1 aromatic heterocycles. The van der Waals surface area contributed by atoms with Crippen LogP contribution in [0.15, 0.2) is 12.4 Å². The van der Waals surface area contributed by atoms with Gasteiger partial charge >= 0.3 is 6.03 Å². The predicted octanol–water partition coefficient (Wildman–Crippen LogP) is 2.63. The van der Waals surface area contributed by atoms with Gasteiger partial charge in [-0.2, -0.15) is 0 Å². The van der Waals surface area contributed by atoms with Crippen LogP contribution in [0.1, 0.15) is 46.4 Å². The number of carbonyl (C=O) groups is 1. The molecule has 6 heteroatoms. The number of rotatable bonds is 4. The topological polar surface area (TPSA) is 70.2 Å². The molecule has 2 N–H and O–H groups in total. The van der Waals surface area contributed by atoms with E-state index in [1.165, 1.54) is 12.8 Å². The van der Waals surface area contributed by atoms with Crippen molar-refractivity contribution in [2.75, 3.05) is 31.5 Å². The lowest BCUT2D eigenvalue weighted by Gasteiger charge is -2.30. The summed E-state index contributed by atoms with van der Waals surface area (Å²) < 4.78 is 0. The molecule has 0 radical (unpaired) electrons. The van der Waals surface area contributed by atoms with E-state index in [0.717, 1.165) is 31.4 Å². The number of piperidine rings is 1. The van der Waals surface area contributed by atoms with E-state index in [2.05, 4.69) is 53.2 Å². The second kappa shape index (κ2) is 7.73. The number of hydrogen-bond donors (Lipinski definition) is 2. The number of likely N-dealkylation sites (tertiary alicyclic amines) is 1. The zero-order valence-electron chi connectivity index (χ0n) is 14.7. The molecule has 2 amide bonds. The van der Waals surface area contributed by atoms with Gasteiger partial charge in [0.05, 0.1) is 18.1 Å². The minimum absolute atomic E-state index is 0.0905. The van der Waals surface area contributed by atoms with Crippen LogP contribution in [0, 0.1) is 5.92 Å². The molecule has 1 aliphatic rings. The molecule has 0 atom stereocenters. The van der Waals surface area contributed by atoms with Crippen molar-refractivity contribution in [3.63, 3.8) is 0 Å². The Hall–Kier alpha value is -1.69. The third-order valence-electron chi connectivity index (χ3n) is 4.17. The Kier molecular flexibility index (Phi) is 5.93. The van der Waals surface area contributed by atoms with Gasteiger partial charge < -0.3 is 15.5 Å². The first-order chi connectivity index (χ1) is 10.8. The molecule has 1 aromatic rings. The summed E-state index contributed by atoms with van der Waals surface area (Å²) in [5, 5.41) is 5.66. The summed E-state index contributed by atoms with van der Waals surface area (Å²) in [6, 6.07) is -0.206. The first-order valence-corrected chi connectivity index (χ1v) is 8.44. The number of hydrogen-bond acceptors (Lipinski definition) is 4. The maximum absolute atomic E-state index is 11.9. The average Bonchev–Trinajstić information content (AvgIpc) is 2.49. The predicted molar refractivity (Wildman–Crippen MR) is 92.6 cm³/mol. The number of anilines is 1. The van der Waals surface area contributed by atoms with Gasteiger partial charge in [0.1, 0.15) is 5.82 Å². The number of nitrogens with one attached hydrogen (secondary N) is 2. The van der Waals surface area contributed by atoms with Crippen molar-refractivity contribution in [3.05, 3.63) is 18.2 Å². The van der Waals surface area contributed by atoms with Crippen LogP contribution in [0.4, 0.5) is 10.5 Å². The van der Waals surface area contributed by atoms with Crippen LogP contribution in [0.3, 0.4) is 0 Å². The summed E-state index contributed by atoms with van der Waals surface area (Å²) in [6.07, 6.45) is 5.81. The van der Waals surface area contributed by atoms with Gasteiger partial charge in [0, 0.05) is 18.5 Å². The van der Waals surface area contributed by atoms with E-state index in [9.17, 15) is 4.79 Å². The maximum Gasteiger partial charge on any atom is 0.319 e. The lowest BCUT2D eigenvalue weighted by atomic mass is 9.96. The first-order valence-electron chi connectivity index (χ1n) is 8.44. The van der Waals surface area contributed by atoms with Gasteiger partial charge in [-0.3, -0.25) is 0 Å². The standard InChI is InChI=1S/C17H29N5O/c1-13-5-8-22(9-6-13)10-7-18-16(23)21-14-11-19-15(20-12-14)17(2,3)4/h11-13H,5-10H2,1-4H3,(H2,18,21,23). The third kappa shape index (κ3) is 5.78. The second-order valence-electron chi connectivity index (χ2n) is 7.45. The van der Waals surface area contributed by atoms with Crippen LogP contribution < -0.4 is 10.6 Å². The highest BCUT2D eigenvalue weighted by atomic mass is 16.2. The Morgan fingerprint density at radius 1 is 1.26 bits per heavy atom. The molecule has 23 heavy (non-hydrogen) atoms. The quantitative estimate of drug-likeness (QED) is 0.895. The first kappa shape index (κ1) is 17.7. The van der Waals surface area contributed by atoms with Gasteiger partial charge in [-0.05, 0) is 31.8 Å². The molecule has 1 fully saturated rings. The molecular weight excluding hydrogens is 290 g/mol. The highest BCUT2D eigenvalue weighted by Gasteiger charge is 2.17. The molecule has 0 spiro atoms. The van der Waals surface area contributed by atoms with Crippen LogP contribution in [-0.2, 0) is 5.41 Å². The molecular formula is C17H29N5O. The number of nitrogens with zero attached hydrogens (tertiary/aromatic N) is 3. The molecule has 128 valence electrons. The van der Waals surface area contributed by atoms with E-state index in [0.29, 0.717) is 12.2 Å². The van der Waals surface area contributed by atoms with Crippen molar-refractivity contribution in [3.8, 4) is 0 Å². The van der Waals surface area contributed by atoms with E-state index < -0.39 is 0 Å². The fourth-order valence-electron chi connectivity index (χ4n) is 2.57. The molecule has 6 nitrogen and oxygen atoms in total. The zero-order chi connectivity index (χ0) is 16.9. The molecule has 0 bridgehead atoms. The van der Waals surface area contributed by atoms with Crippen molar-refractivity contribution >= 4 is 11.7 Å². The Labute approximate surface area is 139 Å². The van der Waals surface area contributed by atoms with Crippen LogP contribution in [-0.4, -0.2) is 47.1 Å². The average molecular weight is 319 g/mol. The van der Waals surface area contributed by atoms with Gasteiger partial charge in [-0.25, -0.2) is 14.8 Å². The fourth-order valence-corrected chi connectivity index (χ4v) is 2.57.